The molecule has 0 unspecified atom stereocenters. The van der Waals surface area contributed by atoms with E-state index in [0.717, 1.165) is 27.4 Å². The van der Waals surface area contributed by atoms with Crippen molar-refractivity contribution in [2.45, 2.75) is 0 Å². The van der Waals surface area contributed by atoms with E-state index in [0.29, 0.717) is 22.0 Å². The molecule has 1 aromatic heterocycles. The number of hydrogen-bond donors (Lipinski definition) is 0. The van der Waals surface area contributed by atoms with Gasteiger partial charge in [0.25, 0.3) is 11.2 Å². The molecule has 4 rings (SSSR count). The van der Waals surface area contributed by atoms with Crippen molar-refractivity contribution in [1.29, 1.82) is 0 Å². The molecule has 0 bridgehead atoms. The molecule has 0 N–H and O–H groups in total. The van der Waals surface area contributed by atoms with Crippen LogP contribution in [0.5, 0.6) is 0 Å². The van der Waals surface area contributed by atoms with Crippen LogP contribution >= 0.6 is 15.9 Å². The fourth-order valence-electron chi connectivity index (χ4n) is 3.12. The first-order valence-corrected chi connectivity index (χ1v) is 9.37. The first kappa shape index (κ1) is 19.4. The van der Waals surface area contributed by atoms with Crippen LogP contribution in [0.1, 0.15) is 0 Å². The van der Waals surface area contributed by atoms with Crippen LogP contribution in [0.2, 0.25) is 0 Å². The van der Waals surface area contributed by atoms with Gasteiger partial charge in [0.15, 0.2) is 0 Å². The standard InChI is InChI=1S/C20H11BrN4O5/c21-13-7-5-12(6-8-13)19-15-3-1-2-4-16(15)20(26)23(22-19)17-10-9-14(24(27)28)11-18(17)25(29)30/h1-11H. The molecule has 0 saturated carbocycles. The lowest BCUT2D eigenvalue weighted by atomic mass is 10.1. The molecule has 0 atom stereocenters. The Hall–Kier alpha value is -3.92. The molecule has 0 aliphatic carbocycles. The summed E-state index contributed by atoms with van der Waals surface area (Å²) >= 11 is 3.37. The van der Waals surface area contributed by atoms with Gasteiger partial charge in [-0.25, -0.2) is 0 Å². The Morgan fingerprint density at radius 1 is 0.867 bits per heavy atom. The maximum Gasteiger partial charge on any atom is 0.301 e. The van der Waals surface area contributed by atoms with Crippen molar-refractivity contribution in [1.82, 2.24) is 9.78 Å². The van der Waals surface area contributed by atoms with Gasteiger partial charge in [-0.1, -0.05) is 46.3 Å². The summed E-state index contributed by atoms with van der Waals surface area (Å²) in [6.45, 7) is 0. The van der Waals surface area contributed by atoms with Crippen LogP contribution in [0.15, 0.2) is 76.0 Å². The second-order valence-electron chi connectivity index (χ2n) is 6.31. The molecule has 30 heavy (non-hydrogen) atoms. The molecule has 0 spiro atoms. The minimum absolute atomic E-state index is 0.153. The van der Waals surface area contributed by atoms with Crippen LogP contribution < -0.4 is 5.56 Å². The molecule has 4 aromatic rings. The van der Waals surface area contributed by atoms with Crippen molar-refractivity contribution in [3.05, 3.63) is 102 Å². The van der Waals surface area contributed by atoms with Crippen molar-refractivity contribution < 1.29 is 9.85 Å². The van der Waals surface area contributed by atoms with Gasteiger partial charge in [0.05, 0.1) is 27.0 Å². The molecule has 10 heteroatoms. The van der Waals surface area contributed by atoms with E-state index in [2.05, 4.69) is 21.0 Å². The number of non-ortho nitro benzene ring substituents is 1. The second-order valence-corrected chi connectivity index (χ2v) is 7.22. The largest absolute Gasteiger partial charge is 0.301 e. The van der Waals surface area contributed by atoms with E-state index in [4.69, 9.17) is 0 Å². The molecular weight excluding hydrogens is 456 g/mol. The third-order valence-corrected chi connectivity index (χ3v) is 5.05. The van der Waals surface area contributed by atoms with Crippen LogP contribution in [-0.4, -0.2) is 19.6 Å². The maximum atomic E-state index is 13.1. The van der Waals surface area contributed by atoms with Gasteiger partial charge in [-0.3, -0.25) is 25.0 Å². The van der Waals surface area contributed by atoms with Crippen LogP contribution in [-0.2, 0) is 0 Å². The summed E-state index contributed by atoms with van der Waals surface area (Å²) in [7, 11) is 0. The summed E-state index contributed by atoms with van der Waals surface area (Å²) in [4.78, 5) is 34.2. The zero-order valence-electron chi connectivity index (χ0n) is 15.1. The lowest BCUT2D eigenvalue weighted by molar-refractivity contribution is -0.394. The molecule has 0 fully saturated rings. The average Bonchev–Trinajstić information content (AvgIpc) is 2.74. The summed E-state index contributed by atoms with van der Waals surface area (Å²) in [5.74, 6) is 0. The Balaban J connectivity index is 2.07. The van der Waals surface area contributed by atoms with Gasteiger partial charge in [0.2, 0.25) is 0 Å². The van der Waals surface area contributed by atoms with Crippen molar-refractivity contribution in [2.75, 3.05) is 0 Å². The Kier molecular flexibility index (Phi) is 4.84. The topological polar surface area (TPSA) is 121 Å². The Morgan fingerprint density at radius 3 is 2.17 bits per heavy atom. The molecule has 0 radical (unpaired) electrons. The van der Waals surface area contributed by atoms with Crippen LogP contribution in [0.4, 0.5) is 11.4 Å². The van der Waals surface area contributed by atoms with E-state index in [1.807, 2.05) is 12.1 Å². The molecule has 0 amide bonds. The van der Waals surface area contributed by atoms with Crippen molar-refractivity contribution >= 4 is 38.1 Å². The molecule has 0 aliphatic heterocycles. The van der Waals surface area contributed by atoms with E-state index >= 15 is 0 Å². The SMILES string of the molecule is O=c1c2ccccc2c(-c2ccc(Br)cc2)nn1-c1ccc([N+](=O)[O-])cc1[N+](=O)[O-]. The summed E-state index contributed by atoms with van der Waals surface area (Å²) < 4.78 is 1.77. The third kappa shape index (κ3) is 3.33. The zero-order valence-corrected chi connectivity index (χ0v) is 16.6. The van der Waals surface area contributed by atoms with E-state index in [1.54, 1.807) is 36.4 Å². The summed E-state index contributed by atoms with van der Waals surface area (Å²) in [5, 5.41) is 27.9. The van der Waals surface area contributed by atoms with E-state index in [-0.39, 0.29) is 5.69 Å². The molecule has 148 valence electrons. The lowest BCUT2D eigenvalue weighted by Gasteiger charge is -2.11. The Bertz CT molecular complexity index is 1380. The lowest BCUT2D eigenvalue weighted by Crippen LogP contribution is -2.23. The van der Waals surface area contributed by atoms with E-state index < -0.39 is 26.8 Å². The van der Waals surface area contributed by atoms with Gasteiger partial charge in [-0.05, 0) is 24.3 Å². The Labute approximate surface area is 176 Å². The van der Waals surface area contributed by atoms with Crippen LogP contribution in [0, 0.1) is 20.2 Å². The molecular formula is C20H11BrN4O5. The number of nitro benzene ring substituents is 2. The monoisotopic (exact) mass is 466 g/mol. The van der Waals surface area contributed by atoms with Crippen molar-refractivity contribution in [2.24, 2.45) is 0 Å². The highest BCUT2D eigenvalue weighted by atomic mass is 79.9. The number of fused-ring (bicyclic) bond motifs is 1. The van der Waals surface area contributed by atoms with Gasteiger partial charge in [-0.2, -0.15) is 9.78 Å². The summed E-state index contributed by atoms with van der Waals surface area (Å²) in [5.41, 5.74) is -0.607. The quantitative estimate of drug-likeness (QED) is 0.319. The van der Waals surface area contributed by atoms with Gasteiger partial charge in [-0.15, -0.1) is 0 Å². The number of nitro groups is 2. The zero-order chi connectivity index (χ0) is 21.4. The average molecular weight is 467 g/mol. The molecule has 0 aliphatic rings. The van der Waals surface area contributed by atoms with E-state index in [9.17, 15) is 25.0 Å². The maximum absolute atomic E-state index is 13.1. The first-order valence-electron chi connectivity index (χ1n) is 8.58. The van der Waals surface area contributed by atoms with Crippen LogP contribution in [0.25, 0.3) is 27.7 Å². The number of aromatic nitrogens is 2. The molecule has 0 saturated heterocycles. The van der Waals surface area contributed by atoms with Crippen LogP contribution in [0.3, 0.4) is 0 Å². The van der Waals surface area contributed by atoms with Crippen molar-refractivity contribution in [3.8, 4) is 16.9 Å². The number of rotatable bonds is 4. The van der Waals surface area contributed by atoms with Gasteiger partial charge in [0, 0.05) is 21.5 Å². The van der Waals surface area contributed by atoms with Gasteiger partial charge >= 0.3 is 5.69 Å². The molecule has 1 heterocycles. The number of halogens is 1. The minimum Gasteiger partial charge on any atom is -0.267 e. The van der Waals surface area contributed by atoms with Gasteiger partial charge in [0.1, 0.15) is 5.69 Å². The first-order chi connectivity index (χ1) is 14.4. The number of benzene rings is 3. The second kappa shape index (κ2) is 7.48. The molecule has 3 aromatic carbocycles. The normalized spacial score (nSPS) is 10.8. The number of hydrogen-bond acceptors (Lipinski definition) is 6. The number of nitrogens with zero attached hydrogens (tertiary/aromatic N) is 4. The summed E-state index contributed by atoms with van der Waals surface area (Å²) in [6.07, 6.45) is 0. The third-order valence-electron chi connectivity index (χ3n) is 4.52. The fourth-order valence-corrected chi connectivity index (χ4v) is 3.39. The highest BCUT2D eigenvalue weighted by Gasteiger charge is 2.23. The smallest absolute Gasteiger partial charge is 0.267 e. The summed E-state index contributed by atoms with van der Waals surface area (Å²) in [6, 6.07) is 17.1. The predicted molar refractivity (Wildman–Crippen MR) is 114 cm³/mol. The Morgan fingerprint density at radius 2 is 1.53 bits per heavy atom. The fraction of sp³-hybridized carbons (Fsp3) is 0. The highest BCUT2D eigenvalue weighted by Crippen LogP contribution is 2.30. The van der Waals surface area contributed by atoms with Crippen molar-refractivity contribution in [3.63, 3.8) is 0 Å². The predicted octanol–water partition coefficient (Wildman–Crippen LogP) is 4.63. The molecule has 9 nitrogen and oxygen atoms in total. The van der Waals surface area contributed by atoms with Gasteiger partial charge < -0.3 is 0 Å². The highest BCUT2D eigenvalue weighted by molar-refractivity contribution is 9.10. The van der Waals surface area contributed by atoms with E-state index in [1.165, 1.54) is 0 Å². The minimum atomic E-state index is -0.773.